The van der Waals surface area contributed by atoms with Crippen molar-refractivity contribution in [1.29, 1.82) is 0 Å². The van der Waals surface area contributed by atoms with Crippen LogP contribution in [0.3, 0.4) is 0 Å². The second kappa shape index (κ2) is 4.06. The van der Waals surface area contributed by atoms with Gasteiger partial charge in [-0.25, -0.2) is 4.39 Å². The second-order valence-corrected chi connectivity index (χ2v) is 2.80. The molecular weight excluding hydrogens is 187 g/mol. The number of ether oxygens (including phenoxy) is 1. The fraction of sp³-hybridized carbons (Fsp3) is 0.222. The van der Waals surface area contributed by atoms with E-state index in [1.165, 1.54) is 19.2 Å². The van der Waals surface area contributed by atoms with Gasteiger partial charge in [0.1, 0.15) is 17.6 Å². The quantitative estimate of drug-likeness (QED) is 0.734. The van der Waals surface area contributed by atoms with E-state index in [1.54, 1.807) is 0 Å². The molecule has 1 aromatic carbocycles. The zero-order valence-corrected chi connectivity index (χ0v) is 7.66. The van der Waals surface area contributed by atoms with E-state index in [0.717, 1.165) is 6.07 Å². The van der Waals surface area contributed by atoms with Crippen LogP contribution in [-0.4, -0.2) is 13.0 Å². The SMILES string of the molecule is COc1cc(F)cc(C(N)C(N)=O)c1. The summed E-state index contributed by atoms with van der Waals surface area (Å²) < 4.78 is 17.8. The molecule has 1 atom stereocenters. The van der Waals surface area contributed by atoms with Gasteiger partial charge in [0.25, 0.3) is 0 Å². The number of primary amides is 1. The van der Waals surface area contributed by atoms with Crippen LogP contribution in [0.25, 0.3) is 0 Å². The van der Waals surface area contributed by atoms with Gasteiger partial charge in [0.05, 0.1) is 7.11 Å². The van der Waals surface area contributed by atoms with Crippen LogP contribution in [0.5, 0.6) is 5.75 Å². The first-order chi connectivity index (χ1) is 6.54. The molecule has 4 nitrogen and oxygen atoms in total. The van der Waals surface area contributed by atoms with Crippen LogP contribution in [0.2, 0.25) is 0 Å². The summed E-state index contributed by atoms with van der Waals surface area (Å²) >= 11 is 0. The fourth-order valence-electron chi connectivity index (χ4n) is 1.05. The van der Waals surface area contributed by atoms with E-state index < -0.39 is 17.8 Å². The number of halogens is 1. The number of hydrogen-bond donors (Lipinski definition) is 2. The molecule has 1 aromatic rings. The molecule has 5 heteroatoms. The molecule has 0 aliphatic carbocycles. The number of nitrogens with two attached hydrogens (primary N) is 2. The third-order valence-electron chi connectivity index (χ3n) is 1.79. The monoisotopic (exact) mass is 198 g/mol. The molecule has 0 fully saturated rings. The summed E-state index contributed by atoms with van der Waals surface area (Å²) in [5.41, 5.74) is 10.7. The van der Waals surface area contributed by atoms with E-state index in [2.05, 4.69) is 0 Å². The number of benzene rings is 1. The third kappa shape index (κ3) is 2.20. The van der Waals surface area contributed by atoms with Gasteiger partial charge in [-0.3, -0.25) is 4.79 Å². The lowest BCUT2D eigenvalue weighted by atomic mass is 10.1. The van der Waals surface area contributed by atoms with E-state index in [4.69, 9.17) is 16.2 Å². The molecule has 0 bridgehead atoms. The van der Waals surface area contributed by atoms with Gasteiger partial charge in [0.2, 0.25) is 5.91 Å². The molecule has 0 heterocycles. The molecule has 76 valence electrons. The molecule has 1 unspecified atom stereocenters. The highest BCUT2D eigenvalue weighted by Crippen LogP contribution is 2.19. The average Bonchev–Trinajstić information content (AvgIpc) is 2.15. The zero-order chi connectivity index (χ0) is 10.7. The highest BCUT2D eigenvalue weighted by atomic mass is 19.1. The molecule has 0 aliphatic rings. The Morgan fingerprint density at radius 2 is 2.14 bits per heavy atom. The summed E-state index contributed by atoms with van der Waals surface area (Å²) in [6.07, 6.45) is 0. The van der Waals surface area contributed by atoms with Crippen molar-refractivity contribution in [2.75, 3.05) is 7.11 Å². The van der Waals surface area contributed by atoms with Gasteiger partial charge in [0.15, 0.2) is 0 Å². The molecule has 0 radical (unpaired) electrons. The topological polar surface area (TPSA) is 78.3 Å². The Hall–Kier alpha value is -1.62. The predicted octanol–water partition coefficient (Wildman–Crippen LogP) is 0.319. The number of rotatable bonds is 3. The van der Waals surface area contributed by atoms with Crippen LogP contribution >= 0.6 is 0 Å². The standard InChI is InChI=1S/C9H11FN2O2/c1-14-7-3-5(2-6(10)4-7)8(11)9(12)13/h2-4,8H,11H2,1H3,(H2,12,13). The smallest absolute Gasteiger partial charge is 0.238 e. The van der Waals surface area contributed by atoms with E-state index in [1.807, 2.05) is 0 Å². The van der Waals surface area contributed by atoms with Crippen molar-refractivity contribution in [2.45, 2.75) is 6.04 Å². The fourth-order valence-corrected chi connectivity index (χ4v) is 1.05. The summed E-state index contributed by atoms with van der Waals surface area (Å²) in [4.78, 5) is 10.7. The molecule has 0 saturated heterocycles. The van der Waals surface area contributed by atoms with Crippen molar-refractivity contribution in [3.63, 3.8) is 0 Å². The van der Waals surface area contributed by atoms with Crippen LogP contribution in [0.4, 0.5) is 4.39 Å². The predicted molar refractivity (Wildman–Crippen MR) is 49.1 cm³/mol. The average molecular weight is 198 g/mol. The van der Waals surface area contributed by atoms with E-state index in [9.17, 15) is 9.18 Å². The first kappa shape index (κ1) is 10.5. The van der Waals surface area contributed by atoms with Crippen molar-refractivity contribution in [3.8, 4) is 5.75 Å². The van der Waals surface area contributed by atoms with Gasteiger partial charge in [-0.2, -0.15) is 0 Å². The Labute approximate surface area is 80.6 Å². The lowest BCUT2D eigenvalue weighted by Crippen LogP contribution is -2.28. The van der Waals surface area contributed by atoms with Crippen LogP contribution in [0.15, 0.2) is 18.2 Å². The van der Waals surface area contributed by atoms with Crippen LogP contribution in [0, 0.1) is 5.82 Å². The van der Waals surface area contributed by atoms with Crippen molar-refractivity contribution in [2.24, 2.45) is 11.5 Å². The third-order valence-corrected chi connectivity index (χ3v) is 1.79. The Morgan fingerprint density at radius 1 is 1.50 bits per heavy atom. The molecule has 0 saturated carbocycles. The molecule has 4 N–H and O–H groups in total. The number of methoxy groups -OCH3 is 1. The lowest BCUT2D eigenvalue weighted by Gasteiger charge is -2.09. The number of carbonyl (C=O) groups excluding carboxylic acids is 1. The zero-order valence-electron chi connectivity index (χ0n) is 7.66. The van der Waals surface area contributed by atoms with E-state index >= 15 is 0 Å². The highest BCUT2D eigenvalue weighted by molar-refractivity contribution is 5.81. The summed E-state index contributed by atoms with van der Waals surface area (Å²) in [6.45, 7) is 0. The van der Waals surface area contributed by atoms with Crippen molar-refractivity contribution in [3.05, 3.63) is 29.6 Å². The molecule has 1 amide bonds. The first-order valence-electron chi connectivity index (χ1n) is 3.94. The Bertz CT molecular complexity index is 355. The van der Waals surface area contributed by atoms with Crippen molar-refractivity contribution >= 4 is 5.91 Å². The maximum Gasteiger partial charge on any atom is 0.238 e. The lowest BCUT2D eigenvalue weighted by molar-refractivity contribution is -0.119. The Kier molecular flexibility index (Phi) is 3.03. The van der Waals surface area contributed by atoms with Crippen LogP contribution < -0.4 is 16.2 Å². The van der Waals surface area contributed by atoms with Crippen LogP contribution in [0.1, 0.15) is 11.6 Å². The Morgan fingerprint density at radius 3 is 2.64 bits per heavy atom. The second-order valence-electron chi connectivity index (χ2n) is 2.80. The highest BCUT2D eigenvalue weighted by Gasteiger charge is 2.14. The molecule has 1 rings (SSSR count). The van der Waals surface area contributed by atoms with Gasteiger partial charge in [0, 0.05) is 6.07 Å². The van der Waals surface area contributed by atoms with E-state index in [-0.39, 0.29) is 0 Å². The van der Waals surface area contributed by atoms with Gasteiger partial charge in [-0.15, -0.1) is 0 Å². The maximum atomic E-state index is 13.0. The molecular formula is C9H11FN2O2. The summed E-state index contributed by atoms with van der Waals surface area (Å²) in [5.74, 6) is -0.926. The molecule has 14 heavy (non-hydrogen) atoms. The number of hydrogen-bond acceptors (Lipinski definition) is 3. The Balaban J connectivity index is 3.08. The van der Waals surface area contributed by atoms with Gasteiger partial charge < -0.3 is 16.2 Å². The molecule has 0 aliphatic heterocycles. The summed E-state index contributed by atoms with van der Waals surface area (Å²) in [6, 6.07) is 2.80. The number of amides is 1. The van der Waals surface area contributed by atoms with Crippen molar-refractivity contribution in [1.82, 2.24) is 0 Å². The summed E-state index contributed by atoms with van der Waals surface area (Å²) in [7, 11) is 1.40. The maximum absolute atomic E-state index is 13.0. The van der Waals surface area contributed by atoms with Gasteiger partial charge in [-0.05, 0) is 17.7 Å². The van der Waals surface area contributed by atoms with Gasteiger partial charge in [-0.1, -0.05) is 0 Å². The molecule has 0 spiro atoms. The minimum Gasteiger partial charge on any atom is -0.497 e. The van der Waals surface area contributed by atoms with Crippen LogP contribution in [-0.2, 0) is 4.79 Å². The minimum atomic E-state index is -1.01. The normalized spacial score (nSPS) is 12.2. The van der Waals surface area contributed by atoms with E-state index in [0.29, 0.717) is 11.3 Å². The first-order valence-corrected chi connectivity index (χ1v) is 3.94. The van der Waals surface area contributed by atoms with Crippen molar-refractivity contribution < 1.29 is 13.9 Å². The van der Waals surface area contributed by atoms with Gasteiger partial charge >= 0.3 is 0 Å². The summed E-state index contributed by atoms with van der Waals surface area (Å²) in [5, 5.41) is 0. The largest absolute Gasteiger partial charge is 0.497 e. The molecule has 0 aromatic heterocycles. The minimum absolute atomic E-state index is 0.300. The number of carbonyl (C=O) groups is 1.